The van der Waals surface area contributed by atoms with Crippen LogP contribution in [0.25, 0.3) is 0 Å². The van der Waals surface area contributed by atoms with Gasteiger partial charge >= 0.3 is 6.18 Å². The maximum Gasteiger partial charge on any atom is 0.417 e. The van der Waals surface area contributed by atoms with Crippen LogP contribution in [0.2, 0.25) is 0 Å². The van der Waals surface area contributed by atoms with Gasteiger partial charge in [-0.15, -0.1) is 0 Å². The second kappa shape index (κ2) is 6.47. The SMILES string of the molecule is N#Cc1cc(S(=O)(=O)NC2CCCC(N)C2)ccc1C(F)(F)F. The molecule has 0 spiro atoms. The molecule has 0 aromatic heterocycles. The first-order valence-corrected chi connectivity index (χ1v) is 8.51. The van der Waals surface area contributed by atoms with Crippen LogP contribution in [-0.2, 0) is 16.2 Å². The summed E-state index contributed by atoms with van der Waals surface area (Å²) >= 11 is 0. The first-order chi connectivity index (χ1) is 10.6. The molecular weight excluding hydrogens is 331 g/mol. The van der Waals surface area contributed by atoms with Crippen molar-refractivity contribution in [1.82, 2.24) is 4.72 Å². The minimum atomic E-state index is -4.71. The van der Waals surface area contributed by atoms with Gasteiger partial charge in [0.15, 0.2) is 0 Å². The Hall–Kier alpha value is -1.63. The normalized spacial score (nSPS) is 22.6. The van der Waals surface area contributed by atoms with E-state index >= 15 is 0 Å². The fourth-order valence-electron chi connectivity index (χ4n) is 2.65. The zero-order chi connectivity index (χ0) is 17.3. The highest BCUT2D eigenvalue weighted by Gasteiger charge is 2.34. The molecule has 1 aromatic rings. The van der Waals surface area contributed by atoms with Crippen molar-refractivity contribution in [3.8, 4) is 6.07 Å². The summed E-state index contributed by atoms with van der Waals surface area (Å²) < 4.78 is 65.3. The summed E-state index contributed by atoms with van der Waals surface area (Å²) in [6.07, 6.45) is -2.01. The quantitative estimate of drug-likeness (QED) is 0.875. The van der Waals surface area contributed by atoms with E-state index in [9.17, 15) is 21.6 Å². The van der Waals surface area contributed by atoms with Crippen LogP contribution in [0.5, 0.6) is 0 Å². The highest BCUT2D eigenvalue weighted by molar-refractivity contribution is 7.89. The van der Waals surface area contributed by atoms with Crippen LogP contribution in [0.15, 0.2) is 23.1 Å². The number of nitrogens with zero attached hydrogens (tertiary/aromatic N) is 1. The maximum atomic E-state index is 12.7. The van der Waals surface area contributed by atoms with Crippen LogP contribution in [-0.4, -0.2) is 20.5 Å². The molecule has 0 radical (unpaired) electrons. The second-order valence-electron chi connectivity index (χ2n) is 5.56. The predicted octanol–water partition coefficient (Wildman–Crippen LogP) is 2.13. The van der Waals surface area contributed by atoms with Gasteiger partial charge in [-0.3, -0.25) is 0 Å². The van der Waals surface area contributed by atoms with E-state index in [2.05, 4.69) is 4.72 Å². The second-order valence-corrected chi connectivity index (χ2v) is 7.28. The van der Waals surface area contributed by atoms with Gasteiger partial charge in [0, 0.05) is 12.1 Å². The Labute approximate surface area is 132 Å². The van der Waals surface area contributed by atoms with Crippen LogP contribution in [0.3, 0.4) is 0 Å². The van der Waals surface area contributed by atoms with Crippen LogP contribution >= 0.6 is 0 Å². The van der Waals surface area contributed by atoms with E-state index in [-0.39, 0.29) is 17.0 Å². The van der Waals surface area contributed by atoms with Gasteiger partial charge in [0.25, 0.3) is 0 Å². The summed E-state index contributed by atoms with van der Waals surface area (Å²) in [5, 5.41) is 8.85. The molecule has 3 N–H and O–H groups in total. The lowest BCUT2D eigenvalue weighted by Crippen LogP contribution is -2.42. The number of sulfonamides is 1. The Morgan fingerprint density at radius 1 is 1.30 bits per heavy atom. The Bertz CT molecular complexity index is 726. The molecule has 2 atom stereocenters. The number of rotatable bonds is 3. The molecule has 2 rings (SSSR count). The average molecular weight is 347 g/mol. The van der Waals surface area contributed by atoms with Gasteiger partial charge in [0.1, 0.15) is 0 Å². The van der Waals surface area contributed by atoms with Gasteiger partial charge in [-0.05, 0) is 37.5 Å². The van der Waals surface area contributed by atoms with Crippen molar-refractivity contribution in [2.75, 3.05) is 0 Å². The van der Waals surface area contributed by atoms with Crippen molar-refractivity contribution in [2.24, 2.45) is 5.73 Å². The van der Waals surface area contributed by atoms with Gasteiger partial charge in [-0.1, -0.05) is 6.42 Å². The van der Waals surface area contributed by atoms with Gasteiger partial charge in [-0.2, -0.15) is 18.4 Å². The summed E-state index contributed by atoms with van der Waals surface area (Å²) in [4.78, 5) is -0.360. The van der Waals surface area contributed by atoms with Gasteiger partial charge in [-0.25, -0.2) is 13.1 Å². The predicted molar refractivity (Wildman–Crippen MR) is 76.7 cm³/mol. The van der Waals surface area contributed by atoms with Gasteiger partial charge in [0.2, 0.25) is 10.0 Å². The molecule has 1 aliphatic rings. The minimum Gasteiger partial charge on any atom is -0.328 e. The third-order valence-corrected chi connectivity index (χ3v) is 5.28. The number of nitrogens with two attached hydrogens (primary N) is 1. The molecule has 23 heavy (non-hydrogen) atoms. The molecule has 0 bridgehead atoms. The number of nitriles is 1. The first-order valence-electron chi connectivity index (χ1n) is 7.03. The highest BCUT2D eigenvalue weighted by Crippen LogP contribution is 2.33. The van der Waals surface area contributed by atoms with Gasteiger partial charge in [0.05, 0.1) is 22.1 Å². The smallest absolute Gasteiger partial charge is 0.328 e. The average Bonchev–Trinajstić information content (AvgIpc) is 2.45. The molecule has 1 aliphatic carbocycles. The van der Waals surface area contributed by atoms with E-state index in [0.717, 1.165) is 25.0 Å². The minimum absolute atomic E-state index is 0.0984. The van der Waals surface area contributed by atoms with Crippen LogP contribution < -0.4 is 10.5 Å². The summed E-state index contributed by atoms with van der Waals surface area (Å²) in [5.41, 5.74) is 3.92. The fourth-order valence-corrected chi connectivity index (χ4v) is 3.96. The monoisotopic (exact) mass is 347 g/mol. The Kier molecular flexibility index (Phi) is 4.98. The summed E-state index contributed by atoms with van der Waals surface area (Å²) in [6.45, 7) is 0. The number of benzene rings is 1. The van der Waals surface area contributed by atoms with Crippen LogP contribution in [0.4, 0.5) is 13.2 Å². The summed E-state index contributed by atoms with van der Waals surface area (Å²) in [6, 6.07) is 3.15. The molecule has 0 saturated heterocycles. The molecule has 126 valence electrons. The first kappa shape index (κ1) is 17.7. The number of nitrogens with one attached hydrogen (secondary N) is 1. The van der Waals surface area contributed by atoms with Crippen molar-refractivity contribution in [3.05, 3.63) is 29.3 Å². The van der Waals surface area contributed by atoms with Gasteiger partial charge < -0.3 is 5.73 Å². The fraction of sp³-hybridized carbons (Fsp3) is 0.500. The molecule has 1 saturated carbocycles. The van der Waals surface area contributed by atoms with E-state index in [0.29, 0.717) is 18.9 Å². The van der Waals surface area contributed by atoms with E-state index in [4.69, 9.17) is 11.0 Å². The highest BCUT2D eigenvalue weighted by atomic mass is 32.2. The third-order valence-electron chi connectivity index (χ3n) is 3.76. The van der Waals surface area contributed by atoms with E-state index in [1.54, 1.807) is 0 Å². The number of hydrogen-bond acceptors (Lipinski definition) is 4. The molecule has 1 fully saturated rings. The number of alkyl halides is 3. The lowest BCUT2D eigenvalue weighted by molar-refractivity contribution is -0.137. The zero-order valence-corrected chi connectivity index (χ0v) is 12.9. The lowest BCUT2D eigenvalue weighted by Gasteiger charge is -2.27. The van der Waals surface area contributed by atoms with Crippen LogP contribution in [0.1, 0.15) is 36.8 Å². The maximum absolute atomic E-state index is 12.7. The topological polar surface area (TPSA) is 96.0 Å². The Balaban J connectivity index is 2.28. The molecule has 0 amide bonds. The molecule has 9 heteroatoms. The molecule has 0 aliphatic heterocycles. The Morgan fingerprint density at radius 3 is 2.57 bits per heavy atom. The van der Waals surface area contributed by atoms with Crippen molar-refractivity contribution >= 4 is 10.0 Å². The third kappa shape index (κ3) is 4.22. The molecule has 5 nitrogen and oxygen atoms in total. The standard InChI is InChI=1S/C14H16F3N3O2S/c15-14(16,17)13-5-4-12(6-9(13)8-18)23(21,22)20-11-3-1-2-10(19)7-11/h4-6,10-11,20H,1-3,7,19H2. The van der Waals surface area contributed by atoms with E-state index in [1.165, 1.54) is 6.07 Å². The lowest BCUT2D eigenvalue weighted by atomic mass is 9.92. The largest absolute Gasteiger partial charge is 0.417 e. The molecule has 1 aromatic carbocycles. The molecule has 2 unspecified atom stereocenters. The van der Waals surface area contributed by atoms with Crippen molar-refractivity contribution in [3.63, 3.8) is 0 Å². The van der Waals surface area contributed by atoms with Crippen molar-refractivity contribution < 1.29 is 21.6 Å². The van der Waals surface area contributed by atoms with E-state index < -0.39 is 27.3 Å². The summed E-state index contributed by atoms with van der Waals surface area (Å²) in [7, 11) is -4.00. The van der Waals surface area contributed by atoms with E-state index in [1.807, 2.05) is 0 Å². The molecule has 0 heterocycles. The number of hydrogen-bond donors (Lipinski definition) is 2. The van der Waals surface area contributed by atoms with Crippen molar-refractivity contribution in [2.45, 2.75) is 48.8 Å². The molecular formula is C14H16F3N3O2S. The zero-order valence-electron chi connectivity index (χ0n) is 12.1. The Morgan fingerprint density at radius 2 is 2.00 bits per heavy atom. The summed E-state index contributed by atoms with van der Waals surface area (Å²) in [5.74, 6) is 0. The number of halogens is 3. The van der Waals surface area contributed by atoms with Crippen LogP contribution in [0, 0.1) is 11.3 Å². The van der Waals surface area contributed by atoms with Crippen molar-refractivity contribution in [1.29, 1.82) is 5.26 Å².